The van der Waals surface area contributed by atoms with Crippen LogP contribution in [-0.2, 0) is 11.2 Å². The van der Waals surface area contributed by atoms with Gasteiger partial charge in [-0.3, -0.25) is 4.79 Å². The van der Waals surface area contributed by atoms with Gasteiger partial charge in [0, 0.05) is 0 Å². The summed E-state index contributed by atoms with van der Waals surface area (Å²) >= 11 is 3.38. The van der Waals surface area contributed by atoms with E-state index in [1.54, 1.807) is 7.11 Å². The van der Waals surface area contributed by atoms with Gasteiger partial charge < -0.3 is 9.84 Å². The van der Waals surface area contributed by atoms with Crippen LogP contribution in [0.1, 0.15) is 18.9 Å². The number of carbonyl (C=O) groups is 1. The molecule has 0 aliphatic carbocycles. The van der Waals surface area contributed by atoms with Crippen LogP contribution in [0, 0.1) is 5.92 Å². The van der Waals surface area contributed by atoms with Crippen LogP contribution in [0.2, 0.25) is 0 Å². The number of benzene rings is 1. The second-order valence-electron chi connectivity index (χ2n) is 3.62. The highest BCUT2D eigenvalue weighted by atomic mass is 79.9. The average molecular weight is 287 g/mol. The first-order chi connectivity index (χ1) is 7.58. The molecular weight excluding hydrogens is 272 g/mol. The molecule has 1 aromatic rings. The van der Waals surface area contributed by atoms with Crippen LogP contribution in [0.25, 0.3) is 0 Å². The Morgan fingerprint density at radius 3 is 2.69 bits per heavy atom. The number of aliphatic carboxylic acids is 1. The molecule has 1 rings (SSSR count). The molecule has 1 N–H and O–H groups in total. The molecule has 1 atom stereocenters. The summed E-state index contributed by atoms with van der Waals surface area (Å²) in [7, 11) is 1.60. The Hall–Kier alpha value is -1.03. The number of carboxylic acid groups (broad SMARTS) is 1. The summed E-state index contributed by atoms with van der Waals surface area (Å²) in [6, 6.07) is 5.65. The first-order valence-electron chi connectivity index (χ1n) is 5.13. The van der Waals surface area contributed by atoms with Crippen molar-refractivity contribution < 1.29 is 14.6 Å². The van der Waals surface area contributed by atoms with Gasteiger partial charge in [-0.1, -0.05) is 13.0 Å². The number of methoxy groups -OCH3 is 1. The van der Waals surface area contributed by atoms with Gasteiger partial charge >= 0.3 is 5.97 Å². The maximum atomic E-state index is 10.9. The van der Waals surface area contributed by atoms with Crippen molar-refractivity contribution in [2.24, 2.45) is 5.92 Å². The van der Waals surface area contributed by atoms with Gasteiger partial charge in [0.2, 0.25) is 0 Å². The van der Waals surface area contributed by atoms with E-state index in [0.29, 0.717) is 12.8 Å². The van der Waals surface area contributed by atoms with E-state index in [4.69, 9.17) is 9.84 Å². The fourth-order valence-electron chi connectivity index (χ4n) is 1.53. The molecule has 0 amide bonds. The quantitative estimate of drug-likeness (QED) is 0.905. The summed E-state index contributed by atoms with van der Waals surface area (Å²) in [4.78, 5) is 10.9. The molecule has 0 aromatic heterocycles. The highest BCUT2D eigenvalue weighted by molar-refractivity contribution is 9.10. The van der Waals surface area contributed by atoms with Crippen molar-refractivity contribution in [3.63, 3.8) is 0 Å². The van der Waals surface area contributed by atoms with Gasteiger partial charge in [0.1, 0.15) is 5.75 Å². The van der Waals surface area contributed by atoms with E-state index in [-0.39, 0.29) is 5.92 Å². The van der Waals surface area contributed by atoms with Gasteiger partial charge in [-0.05, 0) is 46.5 Å². The van der Waals surface area contributed by atoms with Crippen LogP contribution in [0.5, 0.6) is 5.75 Å². The zero-order chi connectivity index (χ0) is 12.1. The predicted octanol–water partition coefficient (Wildman–Crippen LogP) is 3.11. The van der Waals surface area contributed by atoms with Crippen LogP contribution < -0.4 is 4.74 Å². The lowest BCUT2D eigenvalue weighted by Crippen LogP contribution is -2.15. The standard InChI is InChI=1S/C12H15BrO3/c1-3-9(12(14)15)6-8-4-5-11(16-2)10(13)7-8/h4-5,7,9H,3,6H2,1-2H3,(H,14,15). The van der Waals surface area contributed by atoms with Crippen LogP contribution >= 0.6 is 15.9 Å². The maximum absolute atomic E-state index is 10.9. The Bertz CT molecular complexity index is 377. The SMILES string of the molecule is CCC(Cc1ccc(OC)c(Br)c1)C(=O)O. The summed E-state index contributed by atoms with van der Waals surface area (Å²) in [5, 5.41) is 8.97. The van der Waals surface area contributed by atoms with E-state index >= 15 is 0 Å². The largest absolute Gasteiger partial charge is 0.496 e. The zero-order valence-electron chi connectivity index (χ0n) is 9.37. The Labute approximate surface area is 104 Å². The minimum absolute atomic E-state index is 0.319. The van der Waals surface area contributed by atoms with Crippen molar-refractivity contribution in [2.45, 2.75) is 19.8 Å². The Morgan fingerprint density at radius 2 is 2.25 bits per heavy atom. The Morgan fingerprint density at radius 1 is 1.56 bits per heavy atom. The summed E-state index contributed by atoms with van der Waals surface area (Å²) in [5.74, 6) is -0.304. The first-order valence-corrected chi connectivity index (χ1v) is 5.93. The van der Waals surface area contributed by atoms with Gasteiger partial charge in [-0.15, -0.1) is 0 Å². The molecule has 0 heterocycles. The Balaban J connectivity index is 2.81. The third-order valence-electron chi connectivity index (χ3n) is 2.54. The zero-order valence-corrected chi connectivity index (χ0v) is 11.0. The van der Waals surface area contributed by atoms with Crippen molar-refractivity contribution in [1.29, 1.82) is 0 Å². The van der Waals surface area contributed by atoms with E-state index in [2.05, 4.69) is 15.9 Å². The number of carboxylic acids is 1. The number of hydrogen-bond acceptors (Lipinski definition) is 2. The van der Waals surface area contributed by atoms with E-state index < -0.39 is 5.97 Å². The molecule has 3 nitrogen and oxygen atoms in total. The van der Waals surface area contributed by atoms with Crippen molar-refractivity contribution in [2.75, 3.05) is 7.11 Å². The molecule has 0 aliphatic rings. The van der Waals surface area contributed by atoms with E-state index in [0.717, 1.165) is 15.8 Å². The third-order valence-corrected chi connectivity index (χ3v) is 3.16. The smallest absolute Gasteiger partial charge is 0.306 e. The molecule has 0 saturated heterocycles. The fourth-order valence-corrected chi connectivity index (χ4v) is 2.12. The molecule has 16 heavy (non-hydrogen) atoms. The lowest BCUT2D eigenvalue weighted by atomic mass is 9.97. The van der Waals surface area contributed by atoms with Crippen molar-refractivity contribution in [3.05, 3.63) is 28.2 Å². The summed E-state index contributed by atoms with van der Waals surface area (Å²) in [6.45, 7) is 1.89. The summed E-state index contributed by atoms with van der Waals surface area (Å²) in [6.07, 6.45) is 1.19. The molecule has 0 bridgehead atoms. The third kappa shape index (κ3) is 3.23. The minimum atomic E-state index is -0.741. The van der Waals surface area contributed by atoms with Gasteiger partial charge in [0.25, 0.3) is 0 Å². The molecule has 4 heteroatoms. The number of ether oxygens (including phenoxy) is 1. The molecular formula is C12H15BrO3. The normalized spacial score (nSPS) is 12.2. The highest BCUT2D eigenvalue weighted by Crippen LogP contribution is 2.26. The second-order valence-corrected chi connectivity index (χ2v) is 4.47. The molecule has 0 spiro atoms. The fraction of sp³-hybridized carbons (Fsp3) is 0.417. The van der Waals surface area contributed by atoms with Gasteiger partial charge in [-0.2, -0.15) is 0 Å². The van der Waals surface area contributed by atoms with Crippen molar-refractivity contribution in [1.82, 2.24) is 0 Å². The van der Waals surface area contributed by atoms with Crippen LogP contribution in [0.15, 0.2) is 22.7 Å². The lowest BCUT2D eigenvalue weighted by Gasteiger charge is -2.11. The molecule has 1 unspecified atom stereocenters. The van der Waals surface area contributed by atoms with Crippen LogP contribution in [0.3, 0.4) is 0 Å². The maximum Gasteiger partial charge on any atom is 0.306 e. The van der Waals surface area contributed by atoms with Crippen LogP contribution in [-0.4, -0.2) is 18.2 Å². The van der Waals surface area contributed by atoms with Gasteiger partial charge in [-0.25, -0.2) is 0 Å². The number of rotatable bonds is 5. The summed E-state index contributed by atoms with van der Waals surface area (Å²) in [5.41, 5.74) is 1.00. The van der Waals surface area contributed by atoms with E-state index in [1.165, 1.54) is 0 Å². The van der Waals surface area contributed by atoms with Crippen LogP contribution in [0.4, 0.5) is 0 Å². The molecule has 0 radical (unpaired) electrons. The van der Waals surface area contributed by atoms with Gasteiger partial charge in [0.05, 0.1) is 17.5 Å². The highest BCUT2D eigenvalue weighted by Gasteiger charge is 2.16. The van der Waals surface area contributed by atoms with E-state index in [1.807, 2.05) is 25.1 Å². The molecule has 0 fully saturated rings. The first kappa shape index (κ1) is 13.0. The molecule has 88 valence electrons. The average Bonchev–Trinajstić information content (AvgIpc) is 2.25. The molecule has 0 aliphatic heterocycles. The van der Waals surface area contributed by atoms with Crippen molar-refractivity contribution in [3.8, 4) is 5.75 Å². The predicted molar refractivity (Wildman–Crippen MR) is 65.8 cm³/mol. The number of halogens is 1. The van der Waals surface area contributed by atoms with Gasteiger partial charge in [0.15, 0.2) is 0 Å². The molecule has 1 aromatic carbocycles. The van der Waals surface area contributed by atoms with E-state index in [9.17, 15) is 4.79 Å². The summed E-state index contributed by atoms with van der Waals surface area (Å²) < 4.78 is 5.97. The van der Waals surface area contributed by atoms with Crippen molar-refractivity contribution >= 4 is 21.9 Å². The topological polar surface area (TPSA) is 46.5 Å². The lowest BCUT2D eigenvalue weighted by molar-refractivity contribution is -0.141. The minimum Gasteiger partial charge on any atom is -0.496 e. The number of hydrogen-bond donors (Lipinski definition) is 1. The molecule has 0 saturated carbocycles. The second kappa shape index (κ2) is 5.89. The Kier molecular flexibility index (Phi) is 4.80. The monoisotopic (exact) mass is 286 g/mol.